The van der Waals surface area contributed by atoms with E-state index in [0.29, 0.717) is 12.1 Å². The fourth-order valence-electron chi connectivity index (χ4n) is 2.18. The monoisotopic (exact) mass is 325 g/mol. The minimum Gasteiger partial charge on any atom is -0.455 e. The first-order valence-electron chi connectivity index (χ1n) is 7.21. The molecule has 0 radical (unpaired) electrons. The molecule has 1 amide bonds. The first-order valence-corrected chi connectivity index (χ1v) is 7.21. The van der Waals surface area contributed by atoms with Gasteiger partial charge in [0, 0.05) is 5.69 Å². The number of ether oxygens (including phenoxy) is 2. The van der Waals surface area contributed by atoms with Gasteiger partial charge in [0.1, 0.15) is 5.75 Å². The zero-order valence-electron chi connectivity index (χ0n) is 12.3. The first kappa shape index (κ1) is 16.9. The van der Waals surface area contributed by atoms with E-state index in [-0.39, 0.29) is 24.2 Å². The number of rotatable bonds is 6. The molecule has 124 valence electrons. The number of alkyl halides is 2. The quantitative estimate of drug-likeness (QED) is 0.645. The molecule has 1 N–H and O–H groups in total. The van der Waals surface area contributed by atoms with Gasteiger partial charge in [0.25, 0.3) is 5.91 Å². The molecule has 5 nitrogen and oxygen atoms in total. The Bertz CT molecular complexity index is 572. The number of carbonyl (C=O) groups excluding carboxylic acids is 2. The maximum atomic E-state index is 12.0. The smallest absolute Gasteiger partial charge is 0.387 e. The highest BCUT2D eigenvalue weighted by Crippen LogP contribution is 2.20. The van der Waals surface area contributed by atoms with Crippen LogP contribution in [0.3, 0.4) is 0 Å². The number of allylic oxidation sites excluding steroid dienone is 2. The number of anilines is 1. The van der Waals surface area contributed by atoms with Crippen molar-refractivity contribution >= 4 is 17.6 Å². The second kappa shape index (κ2) is 8.26. The summed E-state index contributed by atoms with van der Waals surface area (Å²) in [5.41, 5.74) is 0.397. The molecule has 1 unspecified atom stereocenters. The average Bonchev–Trinajstić information content (AvgIpc) is 2.55. The summed E-state index contributed by atoms with van der Waals surface area (Å²) in [6, 6.07) is 5.46. The topological polar surface area (TPSA) is 64.6 Å². The van der Waals surface area contributed by atoms with Crippen molar-refractivity contribution in [1.29, 1.82) is 0 Å². The van der Waals surface area contributed by atoms with Gasteiger partial charge in [-0.15, -0.1) is 0 Å². The molecule has 23 heavy (non-hydrogen) atoms. The van der Waals surface area contributed by atoms with E-state index in [1.807, 2.05) is 12.2 Å². The van der Waals surface area contributed by atoms with Gasteiger partial charge in [0.05, 0.1) is 5.92 Å². The molecule has 0 aliphatic heterocycles. The molecule has 0 fully saturated rings. The lowest BCUT2D eigenvalue weighted by atomic mass is 9.95. The van der Waals surface area contributed by atoms with Crippen LogP contribution in [-0.4, -0.2) is 25.1 Å². The lowest BCUT2D eigenvalue weighted by Gasteiger charge is -2.16. The fraction of sp³-hybridized carbons (Fsp3) is 0.375. The third-order valence-electron chi connectivity index (χ3n) is 3.31. The number of benzene rings is 1. The Kier molecular flexibility index (Phi) is 6.08. The fourth-order valence-corrected chi connectivity index (χ4v) is 2.18. The summed E-state index contributed by atoms with van der Waals surface area (Å²) >= 11 is 0. The van der Waals surface area contributed by atoms with E-state index in [1.54, 1.807) is 0 Å². The average molecular weight is 325 g/mol. The van der Waals surface area contributed by atoms with Crippen LogP contribution in [0.15, 0.2) is 36.4 Å². The highest BCUT2D eigenvalue weighted by Gasteiger charge is 2.20. The Balaban J connectivity index is 1.75. The van der Waals surface area contributed by atoms with Gasteiger partial charge in [-0.05, 0) is 43.5 Å². The van der Waals surface area contributed by atoms with Crippen LogP contribution in [-0.2, 0) is 14.3 Å². The zero-order chi connectivity index (χ0) is 16.7. The maximum absolute atomic E-state index is 12.0. The molecular formula is C16H17F2NO4. The molecule has 0 spiro atoms. The molecule has 0 bridgehead atoms. The van der Waals surface area contributed by atoms with Crippen molar-refractivity contribution in [3.63, 3.8) is 0 Å². The number of carbonyl (C=O) groups is 2. The van der Waals surface area contributed by atoms with Gasteiger partial charge in [-0.25, -0.2) is 0 Å². The van der Waals surface area contributed by atoms with Gasteiger partial charge < -0.3 is 14.8 Å². The SMILES string of the molecule is O=C(COC(=O)C1CC=CCC1)Nc1ccc(OC(F)F)cc1. The predicted molar refractivity (Wildman–Crippen MR) is 79.1 cm³/mol. The summed E-state index contributed by atoms with van der Waals surface area (Å²) in [6.45, 7) is -3.28. The number of nitrogens with one attached hydrogen (secondary N) is 1. The van der Waals surface area contributed by atoms with Crippen molar-refractivity contribution in [2.45, 2.75) is 25.9 Å². The highest BCUT2D eigenvalue weighted by molar-refractivity contribution is 5.92. The van der Waals surface area contributed by atoms with Crippen LogP contribution < -0.4 is 10.1 Å². The lowest BCUT2D eigenvalue weighted by Crippen LogP contribution is -2.25. The van der Waals surface area contributed by atoms with Crippen LogP contribution >= 0.6 is 0 Å². The molecule has 0 saturated carbocycles. The molecule has 1 atom stereocenters. The summed E-state index contributed by atoms with van der Waals surface area (Å²) in [5, 5.41) is 2.51. The normalized spacial score (nSPS) is 16.9. The van der Waals surface area contributed by atoms with Gasteiger partial charge in [-0.2, -0.15) is 8.78 Å². The Hall–Kier alpha value is -2.44. The van der Waals surface area contributed by atoms with Crippen LogP contribution in [0.25, 0.3) is 0 Å². The van der Waals surface area contributed by atoms with E-state index in [1.165, 1.54) is 24.3 Å². The van der Waals surface area contributed by atoms with E-state index in [9.17, 15) is 18.4 Å². The van der Waals surface area contributed by atoms with Crippen molar-refractivity contribution in [1.82, 2.24) is 0 Å². The molecule has 1 aromatic carbocycles. The molecule has 0 saturated heterocycles. The number of esters is 1. The molecule has 2 rings (SSSR count). The Morgan fingerprint density at radius 2 is 1.96 bits per heavy atom. The second-order valence-corrected chi connectivity index (χ2v) is 5.04. The van der Waals surface area contributed by atoms with Crippen LogP contribution in [0, 0.1) is 5.92 Å². The minimum absolute atomic E-state index is 0.00483. The summed E-state index contributed by atoms with van der Waals surface area (Å²) in [6.07, 6.45) is 6.13. The maximum Gasteiger partial charge on any atom is 0.387 e. The minimum atomic E-state index is -2.90. The van der Waals surface area contributed by atoms with Crippen molar-refractivity contribution in [2.75, 3.05) is 11.9 Å². The third-order valence-corrected chi connectivity index (χ3v) is 3.31. The number of halogens is 2. The molecule has 1 aromatic rings. The summed E-state index contributed by atoms with van der Waals surface area (Å²) in [5.74, 6) is -1.08. The number of hydrogen-bond acceptors (Lipinski definition) is 4. The molecule has 1 aliphatic rings. The molecular weight excluding hydrogens is 308 g/mol. The Morgan fingerprint density at radius 1 is 1.22 bits per heavy atom. The summed E-state index contributed by atoms with van der Waals surface area (Å²) in [7, 11) is 0. The first-order chi connectivity index (χ1) is 11.0. The van der Waals surface area contributed by atoms with Crippen molar-refractivity contribution in [3.05, 3.63) is 36.4 Å². The standard InChI is InChI=1S/C16H17F2NO4/c17-16(18)23-13-8-6-12(7-9-13)19-14(20)10-22-15(21)11-4-2-1-3-5-11/h1-2,6-9,11,16H,3-5,10H2,(H,19,20). The zero-order valence-corrected chi connectivity index (χ0v) is 12.3. The summed E-state index contributed by atoms with van der Waals surface area (Å²) in [4.78, 5) is 23.5. The Labute approximate surface area is 132 Å². The largest absolute Gasteiger partial charge is 0.455 e. The van der Waals surface area contributed by atoms with Crippen LogP contribution in [0.4, 0.5) is 14.5 Å². The van der Waals surface area contributed by atoms with Crippen LogP contribution in [0.5, 0.6) is 5.75 Å². The van der Waals surface area contributed by atoms with Crippen molar-refractivity contribution < 1.29 is 27.8 Å². The van der Waals surface area contributed by atoms with Crippen molar-refractivity contribution in [2.24, 2.45) is 5.92 Å². The number of amides is 1. The lowest BCUT2D eigenvalue weighted by molar-refractivity contribution is -0.151. The molecule has 0 aromatic heterocycles. The van der Waals surface area contributed by atoms with E-state index in [0.717, 1.165) is 12.8 Å². The molecule has 7 heteroatoms. The molecule has 0 heterocycles. The molecule has 1 aliphatic carbocycles. The van der Waals surface area contributed by atoms with Crippen LogP contribution in [0.2, 0.25) is 0 Å². The van der Waals surface area contributed by atoms with Gasteiger partial charge in [-0.3, -0.25) is 9.59 Å². The van der Waals surface area contributed by atoms with Gasteiger partial charge in [-0.1, -0.05) is 12.2 Å². The van der Waals surface area contributed by atoms with E-state index in [2.05, 4.69) is 10.1 Å². The van der Waals surface area contributed by atoms with E-state index >= 15 is 0 Å². The van der Waals surface area contributed by atoms with Gasteiger partial charge in [0.2, 0.25) is 0 Å². The predicted octanol–water partition coefficient (Wildman–Crippen LogP) is 3.13. The third kappa shape index (κ3) is 5.69. The van der Waals surface area contributed by atoms with Gasteiger partial charge in [0.15, 0.2) is 6.61 Å². The van der Waals surface area contributed by atoms with Crippen LogP contribution in [0.1, 0.15) is 19.3 Å². The number of hydrogen-bond donors (Lipinski definition) is 1. The van der Waals surface area contributed by atoms with Gasteiger partial charge >= 0.3 is 12.6 Å². The highest BCUT2D eigenvalue weighted by atomic mass is 19.3. The second-order valence-electron chi connectivity index (χ2n) is 5.04. The van der Waals surface area contributed by atoms with Crippen molar-refractivity contribution in [3.8, 4) is 5.75 Å². The summed E-state index contributed by atoms with van der Waals surface area (Å²) < 4.78 is 33.2. The van der Waals surface area contributed by atoms with E-state index in [4.69, 9.17) is 4.74 Å². The Morgan fingerprint density at radius 3 is 2.57 bits per heavy atom. The van der Waals surface area contributed by atoms with E-state index < -0.39 is 12.5 Å².